The zero-order valence-corrected chi connectivity index (χ0v) is 12.4. The minimum Gasteiger partial charge on any atom is -0.508 e. The number of phenolic OH excluding ortho intramolecular Hbond substituents is 1. The number of carbonyl (C=O) groups excluding carboxylic acids is 1. The fourth-order valence-corrected chi connectivity index (χ4v) is 2.50. The van der Waals surface area contributed by atoms with Crippen molar-refractivity contribution in [2.75, 3.05) is 36.4 Å². The van der Waals surface area contributed by atoms with Crippen molar-refractivity contribution < 1.29 is 14.3 Å². The highest BCUT2D eigenvalue weighted by atomic mass is 19.1. The van der Waals surface area contributed by atoms with Gasteiger partial charge in [-0.15, -0.1) is 0 Å². The minimum absolute atomic E-state index is 0.227. The van der Waals surface area contributed by atoms with Crippen LogP contribution in [0.4, 0.5) is 20.7 Å². The van der Waals surface area contributed by atoms with Gasteiger partial charge in [-0.25, -0.2) is 14.2 Å². The van der Waals surface area contributed by atoms with E-state index in [0.29, 0.717) is 32.0 Å². The van der Waals surface area contributed by atoms with Crippen molar-refractivity contribution in [2.45, 2.75) is 0 Å². The average Bonchev–Trinajstić information content (AvgIpc) is 2.57. The van der Waals surface area contributed by atoms with Crippen LogP contribution in [0.25, 0.3) is 0 Å². The number of aromatic nitrogens is 1. The van der Waals surface area contributed by atoms with E-state index in [4.69, 9.17) is 0 Å². The molecule has 0 aliphatic carbocycles. The minimum atomic E-state index is -0.442. The van der Waals surface area contributed by atoms with Crippen LogP contribution in [0.1, 0.15) is 0 Å². The number of halogens is 1. The summed E-state index contributed by atoms with van der Waals surface area (Å²) in [4.78, 5) is 19.8. The van der Waals surface area contributed by atoms with Gasteiger partial charge < -0.3 is 14.9 Å². The molecule has 1 aromatic heterocycles. The number of nitrogens with zero attached hydrogens (tertiary/aromatic N) is 3. The predicted molar refractivity (Wildman–Crippen MR) is 85.1 cm³/mol. The molecular formula is C16H17FN4O2. The number of phenols is 1. The summed E-state index contributed by atoms with van der Waals surface area (Å²) in [5.74, 6) is 0.111. The molecule has 2 heterocycles. The second-order valence-corrected chi connectivity index (χ2v) is 5.29. The highest BCUT2D eigenvalue weighted by molar-refractivity contribution is 5.88. The zero-order chi connectivity index (χ0) is 16.2. The van der Waals surface area contributed by atoms with Crippen LogP contribution in [0.5, 0.6) is 5.75 Å². The van der Waals surface area contributed by atoms with Crippen LogP contribution >= 0.6 is 0 Å². The Labute approximate surface area is 133 Å². The van der Waals surface area contributed by atoms with Crippen molar-refractivity contribution in [3.05, 3.63) is 48.4 Å². The van der Waals surface area contributed by atoms with Gasteiger partial charge in [0.2, 0.25) is 0 Å². The zero-order valence-electron chi connectivity index (χ0n) is 12.4. The molecule has 23 heavy (non-hydrogen) atoms. The lowest BCUT2D eigenvalue weighted by molar-refractivity contribution is 0.208. The van der Waals surface area contributed by atoms with E-state index in [-0.39, 0.29) is 11.8 Å². The van der Waals surface area contributed by atoms with Crippen LogP contribution in [0.2, 0.25) is 0 Å². The van der Waals surface area contributed by atoms with Crippen molar-refractivity contribution >= 4 is 17.5 Å². The molecule has 3 rings (SSSR count). The average molecular weight is 316 g/mol. The molecule has 120 valence electrons. The van der Waals surface area contributed by atoms with Gasteiger partial charge in [0.05, 0.1) is 6.20 Å². The van der Waals surface area contributed by atoms with Gasteiger partial charge in [-0.1, -0.05) is 6.07 Å². The smallest absolute Gasteiger partial charge is 0.323 e. The highest BCUT2D eigenvalue weighted by Crippen LogP contribution is 2.21. The molecule has 0 spiro atoms. The molecule has 1 aliphatic heterocycles. The molecule has 6 nitrogen and oxygen atoms in total. The monoisotopic (exact) mass is 316 g/mol. The summed E-state index contributed by atoms with van der Waals surface area (Å²) >= 11 is 0. The third-order valence-electron chi connectivity index (χ3n) is 3.72. The van der Waals surface area contributed by atoms with Crippen molar-refractivity contribution in [1.29, 1.82) is 0 Å². The summed E-state index contributed by atoms with van der Waals surface area (Å²) in [6, 6.07) is 9.49. The third kappa shape index (κ3) is 3.68. The summed E-state index contributed by atoms with van der Waals surface area (Å²) in [6.07, 6.45) is 1.06. The Morgan fingerprint density at radius 2 is 1.96 bits per heavy atom. The van der Waals surface area contributed by atoms with Gasteiger partial charge in [0.15, 0.2) is 0 Å². The maximum Gasteiger partial charge on any atom is 0.323 e. The van der Waals surface area contributed by atoms with E-state index in [0.717, 1.165) is 11.9 Å². The number of benzene rings is 1. The van der Waals surface area contributed by atoms with E-state index in [1.54, 1.807) is 23.1 Å². The maximum atomic E-state index is 12.8. The summed E-state index contributed by atoms with van der Waals surface area (Å²) in [5.41, 5.74) is 0.935. The van der Waals surface area contributed by atoms with E-state index >= 15 is 0 Å². The number of rotatable bonds is 2. The lowest BCUT2D eigenvalue weighted by Gasteiger charge is -2.36. The molecule has 0 unspecified atom stereocenters. The Morgan fingerprint density at radius 3 is 2.61 bits per heavy atom. The Bertz CT molecular complexity index is 685. The second kappa shape index (κ2) is 6.51. The van der Waals surface area contributed by atoms with Gasteiger partial charge >= 0.3 is 6.03 Å². The molecule has 2 N–H and O–H groups in total. The van der Waals surface area contributed by atoms with Crippen LogP contribution in [0, 0.1) is 5.82 Å². The lowest BCUT2D eigenvalue weighted by atomic mass is 10.2. The Balaban J connectivity index is 1.56. The maximum absolute atomic E-state index is 12.8. The van der Waals surface area contributed by atoms with Crippen molar-refractivity contribution in [1.82, 2.24) is 9.88 Å². The number of urea groups is 1. The number of hydrogen-bond acceptors (Lipinski definition) is 4. The molecule has 2 aromatic rings. The second-order valence-electron chi connectivity index (χ2n) is 5.29. The topological polar surface area (TPSA) is 68.7 Å². The Hall–Kier alpha value is -2.83. The first kappa shape index (κ1) is 15.1. The SMILES string of the molecule is O=C(Nc1ccc(F)cn1)N1CCN(c2cccc(O)c2)CC1. The van der Waals surface area contributed by atoms with Crippen molar-refractivity contribution in [3.63, 3.8) is 0 Å². The first-order valence-electron chi connectivity index (χ1n) is 7.33. The fraction of sp³-hybridized carbons (Fsp3) is 0.250. The number of nitrogens with one attached hydrogen (secondary N) is 1. The van der Waals surface area contributed by atoms with Gasteiger partial charge in [0.25, 0.3) is 0 Å². The normalized spacial score (nSPS) is 14.7. The van der Waals surface area contributed by atoms with Crippen LogP contribution in [0.3, 0.4) is 0 Å². The van der Waals surface area contributed by atoms with Crippen LogP contribution in [-0.4, -0.2) is 47.2 Å². The lowest BCUT2D eigenvalue weighted by Crippen LogP contribution is -2.50. The standard InChI is InChI=1S/C16H17FN4O2/c17-12-4-5-15(18-11-12)19-16(23)21-8-6-20(7-9-21)13-2-1-3-14(22)10-13/h1-5,10-11,22H,6-9H2,(H,18,19,23). The number of piperazine rings is 1. The Kier molecular flexibility index (Phi) is 4.27. The van der Waals surface area contributed by atoms with E-state index in [9.17, 15) is 14.3 Å². The van der Waals surface area contributed by atoms with E-state index < -0.39 is 5.82 Å². The largest absolute Gasteiger partial charge is 0.508 e. The molecule has 0 atom stereocenters. The van der Waals surface area contributed by atoms with Gasteiger partial charge in [0.1, 0.15) is 17.4 Å². The number of hydrogen-bond donors (Lipinski definition) is 2. The number of pyridine rings is 1. The molecular weight excluding hydrogens is 299 g/mol. The summed E-state index contributed by atoms with van der Waals surface area (Å²) < 4.78 is 12.8. The molecule has 2 amide bonds. The molecule has 1 aromatic carbocycles. The first-order chi connectivity index (χ1) is 11.1. The molecule has 0 bridgehead atoms. The van der Waals surface area contributed by atoms with E-state index in [1.165, 1.54) is 12.1 Å². The summed E-state index contributed by atoms with van der Waals surface area (Å²) in [5, 5.41) is 12.2. The molecule has 7 heteroatoms. The fourth-order valence-electron chi connectivity index (χ4n) is 2.50. The number of amides is 2. The Morgan fingerprint density at radius 1 is 1.17 bits per heavy atom. The van der Waals surface area contributed by atoms with Crippen molar-refractivity contribution in [3.8, 4) is 5.75 Å². The molecule has 1 aliphatic rings. The van der Waals surface area contributed by atoms with E-state index in [1.807, 2.05) is 6.07 Å². The molecule has 1 fully saturated rings. The van der Waals surface area contributed by atoms with Crippen molar-refractivity contribution in [2.24, 2.45) is 0 Å². The third-order valence-corrected chi connectivity index (χ3v) is 3.72. The van der Waals surface area contributed by atoms with Gasteiger partial charge in [0, 0.05) is 37.9 Å². The summed E-state index contributed by atoms with van der Waals surface area (Å²) in [7, 11) is 0. The van der Waals surface area contributed by atoms with Gasteiger partial charge in [-0.3, -0.25) is 5.32 Å². The van der Waals surface area contributed by atoms with Gasteiger partial charge in [-0.2, -0.15) is 0 Å². The quantitative estimate of drug-likeness (QED) is 0.892. The molecule has 0 saturated carbocycles. The highest BCUT2D eigenvalue weighted by Gasteiger charge is 2.21. The number of aromatic hydroxyl groups is 1. The predicted octanol–water partition coefficient (Wildman–Crippen LogP) is 2.28. The van der Waals surface area contributed by atoms with Crippen LogP contribution in [-0.2, 0) is 0 Å². The molecule has 0 radical (unpaired) electrons. The van der Waals surface area contributed by atoms with Crippen LogP contribution < -0.4 is 10.2 Å². The van der Waals surface area contributed by atoms with Gasteiger partial charge in [-0.05, 0) is 24.3 Å². The molecule has 1 saturated heterocycles. The van der Waals surface area contributed by atoms with Crippen LogP contribution in [0.15, 0.2) is 42.6 Å². The number of carbonyl (C=O) groups is 1. The first-order valence-corrected chi connectivity index (χ1v) is 7.33. The number of anilines is 2. The summed E-state index contributed by atoms with van der Waals surface area (Å²) in [6.45, 7) is 2.47. The van der Waals surface area contributed by atoms with E-state index in [2.05, 4.69) is 15.2 Å².